The third kappa shape index (κ3) is 11.9. The van der Waals surface area contributed by atoms with Crippen molar-refractivity contribution in [2.24, 2.45) is 0 Å². The van der Waals surface area contributed by atoms with E-state index < -0.39 is 14.8 Å². The number of nitrogens with one attached hydrogen (secondary N) is 3. The predicted octanol–water partition coefficient (Wildman–Crippen LogP) is 13.0. The fourth-order valence-electron chi connectivity index (χ4n) is 7.02. The highest BCUT2D eigenvalue weighted by atomic mass is 35.5. The van der Waals surface area contributed by atoms with Gasteiger partial charge in [-0.25, -0.2) is 29.9 Å². The van der Waals surface area contributed by atoms with Crippen LogP contribution in [0.25, 0.3) is 33.1 Å². The Morgan fingerprint density at radius 2 is 0.836 bits per heavy atom. The zero-order valence-corrected chi connectivity index (χ0v) is 38.6. The molecule has 3 N–H and O–H groups in total. The first kappa shape index (κ1) is 47.5. The molecule has 0 radical (unpaired) electrons. The second-order valence-corrected chi connectivity index (χ2v) is 16.8. The Hall–Kier alpha value is -7.41. The van der Waals surface area contributed by atoms with Crippen LogP contribution in [0.5, 0.6) is 0 Å². The molecule has 5 aromatic carbocycles. The van der Waals surface area contributed by atoms with E-state index in [1.54, 1.807) is 12.1 Å². The molecule has 342 valence electrons. The van der Waals surface area contributed by atoms with Crippen molar-refractivity contribution in [3.8, 4) is 0 Å². The van der Waals surface area contributed by atoms with Gasteiger partial charge < -0.3 is 16.0 Å². The number of halogens is 3. The van der Waals surface area contributed by atoms with Gasteiger partial charge in [0.25, 0.3) is 17.1 Å². The second kappa shape index (κ2) is 20.8. The molecular weight excluding hydrogens is 923 g/mol. The van der Waals surface area contributed by atoms with Gasteiger partial charge >= 0.3 is 0 Å². The van der Waals surface area contributed by atoms with Crippen molar-refractivity contribution in [1.82, 2.24) is 29.9 Å². The van der Waals surface area contributed by atoms with E-state index in [0.29, 0.717) is 56.6 Å². The first-order valence-corrected chi connectivity index (χ1v) is 21.9. The number of benzene rings is 5. The normalized spacial score (nSPS) is 12.4. The molecule has 3 heterocycles. The molecule has 18 nitrogen and oxygen atoms in total. The molecule has 0 aliphatic heterocycles. The third-order valence-electron chi connectivity index (χ3n) is 10.9. The van der Waals surface area contributed by atoms with E-state index in [1.807, 2.05) is 38.1 Å². The van der Waals surface area contributed by atoms with Crippen LogP contribution in [0.2, 0.25) is 15.5 Å². The molecule has 1 aliphatic rings. The number of hydrogen-bond acceptors (Lipinski definition) is 15. The van der Waals surface area contributed by atoms with E-state index in [4.69, 9.17) is 44.8 Å². The van der Waals surface area contributed by atoms with Gasteiger partial charge in [-0.1, -0.05) is 66.2 Å². The fourth-order valence-corrected chi connectivity index (χ4v) is 7.47. The smallest absolute Gasteiger partial charge is 0.271 e. The lowest BCUT2D eigenvalue weighted by Gasteiger charge is -2.24. The molecule has 0 unspecified atom stereocenters. The molecule has 1 fully saturated rings. The summed E-state index contributed by atoms with van der Waals surface area (Å²) in [6.45, 7) is 8.22. The zero-order valence-electron chi connectivity index (χ0n) is 36.4. The van der Waals surface area contributed by atoms with Gasteiger partial charge in [-0.3, -0.25) is 30.3 Å². The summed E-state index contributed by atoms with van der Waals surface area (Å²) in [4.78, 5) is 56.9. The van der Waals surface area contributed by atoms with Gasteiger partial charge in [0, 0.05) is 53.8 Å². The molecule has 1 aliphatic carbocycles. The lowest BCUT2D eigenvalue weighted by molar-refractivity contribution is -0.384. The number of non-ortho nitro benzene ring substituents is 3. The van der Waals surface area contributed by atoms with Crippen LogP contribution < -0.4 is 16.0 Å². The van der Waals surface area contributed by atoms with Crippen LogP contribution in [0, 0.1) is 58.0 Å². The van der Waals surface area contributed by atoms with Crippen LogP contribution in [0.4, 0.5) is 45.9 Å². The monoisotopic (exact) mass is 962 g/mol. The van der Waals surface area contributed by atoms with E-state index in [9.17, 15) is 30.3 Å². The molecule has 0 bridgehead atoms. The third-order valence-corrected chi connectivity index (χ3v) is 11.8. The van der Waals surface area contributed by atoms with Crippen LogP contribution in [-0.4, -0.2) is 50.7 Å². The Labute approximate surface area is 397 Å². The van der Waals surface area contributed by atoms with E-state index in [-0.39, 0.29) is 32.5 Å². The zero-order chi connectivity index (χ0) is 47.9. The molecule has 3 aromatic heterocycles. The van der Waals surface area contributed by atoms with Gasteiger partial charge in [0.2, 0.25) is 0 Å². The highest BCUT2D eigenvalue weighted by molar-refractivity contribution is 6.40. The number of nitro benzene ring substituents is 3. The summed E-state index contributed by atoms with van der Waals surface area (Å²) in [5.74, 6) is 1.69. The first-order chi connectivity index (χ1) is 32.0. The summed E-state index contributed by atoms with van der Waals surface area (Å²) < 4.78 is 0. The molecule has 0 atom stereocenters. The maximum Gasteiger partial charge on any atom is 0.271 e. The van der Waals surface area contributed by atoms with Crippen LogP contribution in [0.3, 0.4) is 0 Å². The van der Waals surface area contributed by atoms with Crippen LogP contribution in [0.1, 0.15) is 54.4 Å². The summed E-state index contributed by atoms with van der Waals surface area (Å²) in [5, 5.41) is 42.8. The first-order valence-electron chi connectivity index (χ1n) is 20.8. The number of aromatic nitrogens is 6. The number of rotatable bonds is 9. The standard InChI is InChI=1S/C22H25N5O2.C16H13ClN4O2.C8H3Cl2N3O2/c1-14-8-9-17(12-15(14)2)24-22-21(23-16-6-4-3-5-7-16)26-20-13-18(27(28)29)10-11-19(20)25-22;1-9-3-4-11(7-10(9)2)18-16-15(17)19-14-8-12(21(22)23)5-6-13(14)20-16;9-7-8(10)12-6-3-4(13(14)15)1-2-5(6)11-7/h8-13,16H,3-7H2,1-2H3,(H,23,26)(H,24,25);3-8H,1-2H3,(H,18,20);1-3H. The molecule has 8 aromatic rings. The second-order valence-electron chi connectivity index (χ2n) is 15.7. The summed E-state index contributed by atoms with van der Waals surface area (Å²) in [7, 11) is 0. The number of aryl methyl sites for hydroxylation is 4. The van der Waals surface area contributed by atoms with Crippen molar-refractivity contribution in [2.45, 2.75) is 65.8 Å². The minimum Gasteiger partial charge on any atom is -0.364 e. The van der Waals surface area contributed by atoms with Gasteiger partial charge in [-0.2, -0.15) is 0 Å². The van der Waals surface area contributed by atoms with Crippen molar-refractivity contribution < 1.29 is 14.8 Å². The topological polar surface area (TPSA) is 243 Å². The Morgan fingerprint density at radius 1 is 0.448 bits per heavy atom. The molecule has 0 saturated heterocycles. The average molecular weight is 964 g/mol. The van der Waals surface area contributed by atoms with Crippen LogP contribution in [-0.2, 0) is 0 Å². The van der Waals surface area contributed by atoms with Crippen molar-refractivity contribution in [2.75, 3.05) is 16.0 Å². The Kier molecular flexibility index (Phi) is 14.8. The molecular formula is C46H41Cl3N12O6. The van der Waals surface area contributed by atoms with Crippen molar-refractivity contribution in [3.05, 3.63) is 159 Å². The van der Waals surface area contributed by atoms with Crippen molar-refractivity contribution in [1.29, 1.82) is 0 Å². The van der Waals surface area contributed by atoms with Crippen LogP contribution >= 0.6 is 34.8 Å². The predicted molar refractivity (Wildman–Crippen MR) is 263 cm³/mol. The highest BCUT2D eigenvalue weighted by Gasteiger charge is 2.19. The van der Waals surface area contributed by atoms with Crippen molar-refractivity contribution in [3.63, 3.8) is 0 Å². The molecule has 21 heteroatoms. The Bertz CT molecular complexity index is 3210. The van der Waals surface area contributed by atoms with Gasteiger partial charge in [0.15, 0.2) is 32.9 Å². The van der Waals surface area contributed by atoms with E-state index in [2.05, 4.69) is 61.9 Å². The minimum atomic E-state index is -0.510. The van der Waals surface area contributed by atoms with Crippen molar-refractivity contribution >= 4 is 114 Å². The van der Waals surface area contributed by atoms with Gasteiger partial charge in [0.1, 0.15) is 0 Å². The molecule has 0 spiro atoms. The summed E-state index contributed by atoms with van der Waals surface area (Å²) >= 11 is 17.4. The molecule has 0 amide bonds. The molecule has 1 saturated carbocycles. The fraction of sp³-hybridized carbons (Fsp3) is 0.217. The van der Waals surface area contributed by atoms with E-state index in [0.717, 1.165) is 29.8 Å². The number of hydrogen-bond donors (Lipinski definition) is 3. The van der Waals surface area contributed by atoms with E-state index >= 15 is 0 Å². The minimum absolute atomic E-state index is 0.0188. The highest BCUT2D eigenvalue weighted by Crippen LogP contribution is 2.32. The quantitative estimate of drug-likeness (QED) is 0.0899. The summed E-state index contributed by atoms with van der Waals surface area (Å²) in [6.07, 6.45) is 5.85. The Balaban J connectivity index is 0.000000157. The number of nitro groups is 3. The summed E-state index contributed by atoms with van der Waals surface area (Å²) in [5.41, 5.74) is 9.34. The maximum atomic E-state index is 11.1. The van der Waals surface area contributed by atoms with Gasteiger partial charge in [0.05, 0.1) is 47.9 Å². The van der Waals surface area contributed by atoms with Gasteiger partial charge in [-0.05, 0) is 105 Å². The maximum absolute atomic E-state index is 11.1. The lowest BCUT2D eigenvalue weighted by Crippen LogP contribution is -2.23. The summed E-state index contributed by atoms with van der Waals surface area (Å²) in [6, 6.07) is 25.5. The number of anilines is 5. The largest absolute Gasteiger partial charge is 0.364 e. The Morgan fingerprint density at radius 3 is 1.30 bits per heavy atom. The number of nitrogens with zero attached hydrogens (tertiary/aromatic N) is 9. The SMILES string of the molecule is Cc1ccc(Nc2nc3ccc([N+](=O)[O-])cc3nc2Cl)cc1C.Cc1ccc(Nc2nc3ccc([N+](=O)[O-])cc3nc2NC2CCCCC2)cc1C.O=[N+]([O-])c1ccc2nc(Cl)c(Cl)nc2c1. The average Bonchev–Trinajstić information content (AvgIpc) is 3.30. The van der Waals surface area contributed by atoms with Crippen LogP contribution in [0.15, 0.2) is 91.0 Å². The molecule has 67 heavy (non-hydrogen) atoms. The van der Waals surface area contributed by atoms with Gasteiger partial charge in [-0.15, -0.1) is 0 Å². The lowest BCUT2D eigenvalue weighted by atomic mass is 9.95. The molecule has 9 rings (SSSR count). The number of fused-ring (bicyclic) bond motifs is 3. The van der Waals surface area contributed by atoms with E-state index in [1.165, 1.54) is 78.4 Å².